The molecule has 2 N–H and O–H groups in total. The molecule has 2 aromatic carbocycles. The van der Waals surface area contributed by atoms with E-state index >= 15 is 0 Å². The minimum atomic E-state index is -3.95. The predicted molar refractivity (Wildman–Crippen MR) is 125 cm³/mol. The maximum Gasteiger partial charge on any atom is 0.339 e. The van der Waals surface area contributed by atoms with Gasteiger partial charge in [-0.1, -0.05) is 32.4 Å². The number of hydrogen-bond acceptors (Lipinski definition) is 6. The Morgan fingerprint density at radius 1 is 0.969 bits per heavy atom. The lowest BCUT2D eigenvalue weighted by Crippen LogP contribution is -2.33. The SMILES string of the molecule is COc1ccc(S(=O)(=O)Oc2ccc(CN(CC(C)C)C(=O)CCCCCN)cc2)cc1. The number of methoxy groups -OCH3 is 1. The molecule has 8 heteroatoms. The van der Waals surface area contributed by atoms with E-state index in [1.165, 1.54) is 19.2 Å². The zero-order valence-electron chi connectivity index (χ0n) is 19.1. The molecular formula is C24H34N2O5S. The number of hydrogen-bond donors (Lipinski definition) is 1. The molecule has 0 aromatic heterocycles. The minimum Gasteiger partial charge on any atom is -0.497 e. The Labute approximate surface area is 191 Å². The molecule has 0 saturated heterocycles. The quantitative estimate of drug-likeness (QED) is 0.357. The van der Waals surface area contributed by atoms with Gasteiger partial charge in [0.2, 0.25) is 5.91 Å². The molecule has 1 amide bonds. The van der Waals surface area contributed by atoms with E-state index in [4.69, 9.17) is 14.7 Å². The van der Waals surface area contributed by atoms with E-state index in [0.29, 0.717) is 37.7 Å². The highest BCUT2D eigenvalue weighted by Crippen LogP contribution is 2.22. The van der Waals surface area contributed by atoms with Crippen molar-refractivity contribution in [1.82, 2.24) is 4.90 Å². The summed E-state index contributed by atoms with van der Waals surface area (Å²) < 4.78 is 35.3. The van der Waals surface area contributed by atoms with E-state index in [1.807, 2.05) is 4.90 Å². The van der Waals surface area contributed by atoms with Gasteiger partial charge in [0.15, 0.2) is 0 Å². The first kappa shape index (κ1) is 25.7. The van der Waals surface area contributed by atoms with E-state index in [1.54, 1.807) is 36.4 Å². The summed E-state index contributed by atoms with van der Waals surface area (Å²) in [6.07, 6.45) is 3.22. The monoisotopic (exact) mass is 462 g/mol. The fourth-order valence-corrected chi connectivity index (χ4v) is 4.17. The van der Waals surface area contributed by atoms with Crippen molar-refractivity contribution in [1.29, 1.82) is 0 Å². The van der Waals surface area contributed by atoms with Crippen LogP contribution in [0, 0.1) is 5.92 Å². The maximum atomic E-state index is 12.7. The number of amides is 1. The van der Waals surface area contributed by atoms with Gasteiger partial charge in [0.25, 0.3) is 0 Å². The summed E-state index contributed by atoms with van der Waals surface area (Å²) in [6, 6.07) is 12.8. The highest BCUT2D eigenvalue weighted by atomic mass is 32.2. The Kier molecular flexibility index (Phi) is 9.99. The maximum absolute atomic E-state index is 12.7. The molecule has 0 atom stereocenters. The standard InChI is InChI=1S/C24H34N2O5S/c1-19(2)17-26(24(27)7-5-4-6-16-25)18-20-8-10-22(11-9-20)31-32(28,29)23-14-12-21(30-3)13-15-23/h8-15,19H,4-7,16-18,25H2,1-3H3. The third-order valence-electron chi connectivity index (χ3n) is 4.88. The Morgan fingerprint density at radius 3 is 2.16 bits per heavy atom. The molecule has 2 aromatic rings. The van der Waals surface area contributed by atoms with Crippen LogP contribution in [0.4, 0.5) is 0 Å². The summed E-state index contributed by atoms with van der Waals surface area (Å²) in [6.45, 7) is 5.94. The molecule has 0 aliphatic rings. The molecule has 0 aliphatic heterocycles. The number of carbonyl (C=O) groups excluding carboxylic acids is 1. The van der Waals surface area contributed by atoms with Crippen molar-refractivity contribution in [2.45, 2.75) is 51.0 Å². The van der Waals surface area contributed by atoms with Crippen molar-refractivity contribution in [3.8, 4) is 11.5 Å². The van der Waals surface area contributed by atoms with Crippen LogP contribution in [0.1, 0.15) is 45.1 Å². The average molecular weight is 463 g/mol. The zero-order valence-corrected chi connectivity index (χ0v) is 19.9. The summed E-state index contributed by atoms with van der Waals surface area (Å²) in [7, 11) is -2.43. The number of nitrogens with two attached hydrogens (primary N) is 1. The fraction of sp³-hybridized carbons (Fsp3) is 0.458. The van der Waals surface area contributed by atoms with E-state index in [-0.39, 0.29) is 16.6 Å². The molecule has 32 heavy (non-hydrogen) atoms. The molecular weight excluding hydrogens is 428 g/mol. The third-order valence-corrected chi connectivity index (χ3v) is 6.15. The largest absolute Gasteiger partial charge is 0.497 e. The molecule has 0 spiro atoms. The van der Waals surface area contributed by atoms with Crippen molar-refractivity contribution in [3.63, 3.8) is 0 Å². The van der Waals surface area contributed by atoms with Gasteiger partial charge in [0.1, 0.15) is 16.4 Å². The second-order valence-corrected chi connectivity index (χ2v) is 9.67. The molecule has 7 nitrogen and oxygen atoms in total. The molecule has 176 valence electrons. The molecule has 0 fully saturated rings. The van der Waals surface area contributed by atoms with Gasteiger partial charge in [-0.05, 0) is 67.3 Å². The van der Waals surface area contributed by atoms with Crippen molar-refractivity contribution >= 4 is 16.0 Å². The Bertz CT molecular complexity index is 941. The van der Waals surface area contributed by atoms with Crippen LogP contribution < -0.4 is 14.7 Å². The van der Waals surface area contributed by atoms with Gasteiger partial charge in [-0.25, -0.2) is 0 Å². The normalized spacial score (nSPS) is 11.4. The molecule has 0 unspecified atom stereocenters. The first-order chi connectivity index (χ1) is 15.2. The van der Waals surface area contributed by atoms with Crippen LogP contribution in [0.3, 0.4) is 0 Å². The Hall–Kier alpha value is -2.58. The number of rotatable bonds is 13. The Balaban J connectivity index is 2.02. The zero-order chi connectivity index (χ0) is 23.6. The van der Waals surface area contributed by atoms with Crippen LogP contribution in [0.15, 0.2) is 53.4 Å². The second-order valence-electron chi connectivity index (χ2n) is 8.12. The lowest BCUT2D eigenvalue weighted by atomic mass is 10.1. The van der Waals surface area contributed by atoms with Crippen molar-refractivity contribution in [2.24, 2.45) is 11.7 Å². The van der Waals surface area contributed by atoms with E-state index in [9.17, 15) is 13.2 Å². The molecule has 0 bridgehead atoms. The number of carbonyl (C=O) groups is 1. The van der Waals surface area contributed by atoms with Crippen LogP contribution >= 0.6 is 0 Å². The van der Waals surface area contributed by atoms with Crippen LogP contribution in [0.5, 0.6) is 11.5 Å². The molecule has 0 aliphatic carbocycles. The van der Waals surface area contributed by atoms with Gasteiger partial charge < -0.3 is 19.6 Å². The first-order valence-corrected chi connectivity index (χ1v) is 12.3. The van der Waals surface area contributed by atoms with E-state index in [2.05, 4.69) is 13.8 Å². The molecule has 0 heterocycles. The number of benzene rings is 2. The first-order valence-electron chi connectivity index (χ1n) is 10.9. The highest BCUT2D eigenvalue weighted by molar-refractivity contribution is 7.87. The number of ether oxygens (including phenoxy) is 1. The molecule has 0 saturated carbocycles. The molecule has 0 radical (unpaired) electrons. The van der Waals surface area contributed by atoms with E-state index < -0.39 is 10.1 Å². The summed E-state index contributed by atoms with van der Waals surface area (Å²) >= 11 is 0. The van der Waals surface area contributed by atoms with Gasteiger partial charge in [-0.15, -0.1) is 0 Å². The van der Waals surface area contributed by atoms with Crippen LogP contribution in [-0.4, -0.2) is 39.4 Å². The van der Waals surface area contributed by atoms with Crippen molar-refractivity contribution in [3.05, 3.63) is 54.1 Å². The minimum absolute atomic E-state index is 0.0470. The van der Waals surface area contributed by atoms with Crippen LogP contribution in [-0.2, 0) is 21.5 Å². The van der Waals surface area contributed by atoms with Gasteiger partial charge in [-0.3, -0.25) is 4.79 Å². The van der Waals surface area contributed by atoms with Gasteiger partial charge >= 0.3 is 10.1 Å². The van der Waals surface area contributed by atoms with Crippen LogP contribution in [0.2, 0.25) is 0 Å². The van der Waals surface area contributed by atoms with E-state index in [0.717, 1.165) is 24.8 Å². The summed E-state index contributed by atoms with van der Waals surface area (Å²) in [5, 5.41) is 0. The third kappa shape index (κ3) is 8.16. The summed E-state index contributed by atoms with van der Waals surface area (Å²) in [5.74, 6) is 1.25. The molecule has 2 rings (SSSR count). The number of nitrogens with zero attached hydrogens (tertiary/aromatic N) is 1. The fourth-order valence-electron chi connectivity index (χ4n) is 3.24. The Morgan fingerprint density at radius 2 is 1.59 bits per heavy atom. The topological polar surface area (TPSA) is 98.9 Å². The average Bonchev–Trinajstić information content (AvgIpc) is 2.77. The second kappa shape index (κ2) is 12.5. The summed E-state index contributed by atoms with van der Waals surface area (Å²) in [4.78, 5) is 14.6. The van der Waals surface area contributed by atoms with Gasteiger partial charge in [-0.2, -0.15) is 8.42 Å². The van der Waals surface area contributed by atoms with Gasteiger partial charge in [0, 0.05) is 19.5 Å². The predicted octanol–water partition coefficient (Wildman–Crippen LogP) is 3.97. The van der Waals surface area contributed by atoms with Crippen molar-refractivity contribution < 1.29 is 22.1 Å². The van der Waals surface area contributed by atoms with Gasteiger partial charge in [0.05, 0.1) is 7.11 Å². The lowest BCUT2D eigenvalue weighted by Gasteiger charge is -2.25. The number of unbranched alkanes of at least 4 members (excludes halogenated alkanes) is 2. The smallest absolute Gasteiger partial charge is 0.339 e. The highest BCUT2D eigenvalue weighted by Gasteiger charge is 2.18. The van der Waals surface area contributed by atoms with Crippen LogP contribution in [0.25, 0.3) is 0 Å². The lowest BCUT2D eigenvalue weighted by molar-refractivity contribution is -0.132. The summed E-state index contributed by atoms with van der Waals surface area (Å²) in [5.41, 5.74) is 6.43. The van der Waals surface area contributed by atoms with Crippen molar-refractivity contribution in [2.75, 3.05) is 20.2 Å².